The first-order valence-corrected chi connectivity index (χ1v) is 6.52. The first kappa shape index (κ1) is 14.6. The van der Waals surface area contributed by atoms with Gasteiger partial charge in [0.05, 0.1) is 18.8 Å². The lowest BCUT2D eigenvalue weighted by atomic mass is 9.96. The Morgan fingerprint density at radius 1 is 1.65 bits per heavy atom. The van der Waals surface area contributed by atoms with Crippen LogP contribution in [0.1, 0.15) is 23.7 Å². The highest BCUT2D eigenvalue weighted by atomic mass is 16.5. The van der Waals surface area contributed by atoms with Crippen LogP contribution in [0, 0.1) is 0 Å². The van der Waals surface area contributed by atoms with Gasteiger partial charge in [-0.1, -0.05) is 0 Å². The van der Waals surface area contributed by atoms with Crippen LogP contribution >= 0.6 is 0 Å². The Labute approximate surface area is 117 Å². The number of amides is 1. The molecule has 2 unspecified atom stereocenters. The van der Waals surface area contributed by atoms with E-state index in [2.05, 4.69) is 5.32 Å². The van der Waals surface area contributed by atoms with E-state index in [0.29, 0.717) is 30.0 Å². The van der Waals surface area contributed by atoms with Crippen molar-refractivity contribution in [3.63, 3.8) is 0 Å². The lowest BCUT2D eigenvalue weighted by Gasteiger charge is -2.26. The van der Waals surface area contributed by atoms with Gasteiger partial charge >= 0.3 is 0 Å². The number of ether oxygens (including phenoxy) is 2. The zero-order valence-corrected chi connectivity index (χ0v) is 11.7. The molecule has 1 heterocycles. The molecular formula is C14H20N2O4. The van der Waals surface area contributed by atoms with Crippen molar-refractivity contribution in [2.24, 2.45) is 0 Å². The minimum absolute atomic E-state index is 0.137. The maximum atomic E-state index is 12.1. The summed E-state index contributed by atoms with van der Waals surface area (Å²) < 4.78 is 10.4. The number of methoxy groups -OCH3 is 1. The maximum Gasteiger partial charge on any atom is 0.253 e. The molecule has 1 aliphatic rings. The molecule has 2 atom stereocenters. The Morgan fingerprint density at radius 2 is 2.40 bits per heavy atom. The number of aliphatic hydroxyl groups is 1. The van der Waals surface area contributed by atoms with Gasteiger partial charge in [0.25, 0.3) is 5.91 Å². The highest BCUT2D eigenvalue weighted by Crippen LogP contribution is 2.25. The molecular weight excluding hydrogens is 260 g/mol. The largest absolute Gasteiger partial charge is 0.497 e. The molecule has 0 radical (unpaired) electrons. The number of hydrogen-bond acceptors (Lipinski definition) is 5. The first-order valence-electron chi connectivity index (χ1n) is 6.52. The van der Waals surface area contributed by atoms with Gasteiger partial charge in [0.2, 0.25) is 0 Å². The fourth-order valence-electron chi connectivity index (χ4n) is 2.21. The number of nitrogens with two attached hydrogens (primary N) is 1. The minimum Gasteiger partial charge on any atom is -0.497 e. The molecule has 1 aromatic rings. The normalized spacial score (nSPS) is 25.4. The second-order valence-electron chi connectivity index (χ2n) is 5.00. The van der Waals surface area contributed by atoms with E-state index < -0.39 is 5.60 Å². The van der Waals surface area contributed by atoms with Crippen molar-refractivity contribution in [3.8, 4) is 5.75 Å². The van der Waals surface area contributed by atoms with Crippen LogP contribution in [-0.2, 0) is 4.74 Å². The van der Waals surface area contributed by atoms with Crippen LogP contribution in [0.3, 0.4) is 0 Å². The highest BCUT2D eigenvalue weighted by molar-refractivity contribution is 5.99. The molecule has 1 fully saturated rings. The maximum absolute atomic E-state index is 12.1. The summed E-state index contributed by atoms with van der Waals surface area (Å²) in [6.07, 6.45) is 0.211. The molecule has 1 aliphatic heterocycles. The van der Waals surface area contributed by atoms with Crippen molar-refractivity contribution >= 4 is 11.6 Å². The van der Waals surface area contributed by atoms with Crippen LogP contribution in [0.2, 0.25) is 0 Å². The molecule has 20 heavy (non-hydrogen) atoms. The molecule has 6 nitrogen and oxygen atoms in total. The summed E-state index contributed by atoms with van der Waals surface area (Å²) in [6.45, 7) is 2.43. The third-order valence-corrected chi connectivity index (χ3v) is 3.72. The standard InChI is InChI=1S/C14H20N2O4/c1-9-14(18,5-6-20-9)8-16-13(17)11-4-3-10(19-2)7-12(11)15/h3-4,7,9,18H,5-6,8,15H2,1-2H3,(H,16,17). The summed E-state index contributed by atoms with van der Waals surface area (Å²) in [5, 5.41) is 13.0. The number of benzene rings is 1. The van der Waals surface area contributed by atoms with E-state index in [4.69, 9.17) is 15.2 Å². The second kappa shape index (κ2) is 5.68. The summed E-state index contributed by atoms with van der Waals surface area (Å²) in [5.41, 5.74) is 5.50. The smallest absolute Gasteiger partial charge is 0.253 e. The molecule has 2 rings (SSSR count). The third kappa shape index (κ3) is 2.86. The van der Waals surface area contributed by atoms with E-state index in [1.807, 2.05) is 0 Å². The lowest BCUT2D eigenvalue weighted by Crippen LogP contribution is -2.47. The molecule has 0 spiro atoms. The van der Waals surface area contributed by atoms with Gasteiger partial charge in [0.15, 0.2) is 0 Å². The topological polar surface area (TPSA) is 93.8 Å². The SMILES string of the molecule is COc1ccc(C(=O)NCC2(O)CCOC2C)c(N)c1. The van der Waals surface area contributed by atoms with Crippen molar-refractivity contribution in [2.45, 2.75) is 25.0 Å². The van der Waals surface area contributed by atoms with E-state index in [9.17, 15) is 9.90 Å². The molecule has 6 heteroatoms. The van der Waals surface area contributed by atoms with Crippen LogP contribution in [0.5, 0.6) is 5.75 Å². The molecule has 0 saturated carbocycles. The van der Waals surface area contributed by atoms with Gasteiger partial charge in [0.1, 0.15) is 11.4 Å². The number of carbonyl (C=O) groups is 1. The number of nitrogen functional groups attached to an aromatic ring is 1. The Kier molecular flexibility index (Phi) is 4.15. The highest BCUT2D eigenvalue weighted by Gasteiger charge is 2.39. The Bertz CT molecular complexity index is 506. The van der Waals surface area contributed by atoms with Crippen LogP contribution in [0.15, 0.2) is 18.2 Å². The van der Waals surface area contributed by atoms with Gasteiger partial charge in [-0.25, -0.2) is 0 Å². The molecule has 1 aromatic carbocycles. The van der Waals surface area contributed by atoms with Crippen molar-refractivity contribution in [1.29, 1.82) is 0 Å². The monoisotopic (exact) mass is 280 g/mol. The first-order chi connectivity index (χ1) is 9.46. The van der Waals surface area contributed by atoms with Crippen LogP contribution < -0.4 is 15.8 Å². The third-order valence-electron chi connectivity index (χ3n) is 3.72. The second-order valence-corrected chi connectivity index (χ2v) is 5.00. The number of nitrogens with one attached hydrogen (secondary N) is 1. The molecule has 0 aromatic heterocycles. The number of anilines is 1. The quantitative estimate of drug-likeness (QED) is 0.700. The van der Waals surface area contributed by atoms with E-state index >= 15 is 0 Å². The fourth-order valence-corrected chi connectivity index (χ4v) is 2.21. The van der Waals surface area contributed by atoms with Gasteiger partial charge in [0, 0.05) is 31.3 Å². The van der Waals surface area contributed by atoms with Gasteiger partial charge in [-0.3, -0.25) is 4.79 Å². The van der Waals surface area contributed by atoms with Gasteiger partial charge in [-0.05, 0) is 19.1 Å². The number of carbonyl (C=O) groups excluding carboxylic acids is 1. The summed E-state index contributed by atoms with van der Waals surface area (Å²) in [6, 6.07) is 4.86. The molecule has 110 valence electrons. The zero-order chi connectivity index (χ0) is 14.8. The summed E-state index contributed by atoms with van der Waals surface area (Å²) in [4.78, 5) is 12.1. The van der Waals surface area contributed by atoms with Crippen molar-refractivity contribution in [2.75, 3.05) is 26.0 Å². The summed E-state index contributed by atoms with van der Waals surface area (Å²) in [7, 11) is 1.53. The lowest BCUT2D eigenvalue weighted by molar-refractivity contribution is -0.0251. The van der Waals surface area contributed by atoms with Crippen LogP contribution in [0.25, 0.3) is 0 Å². The Morgan fingerprint density at radius 3 is 2.95 bits per heavy atom. The fraction of sp³-hybridized carbons (Fsp3) is 0.500. The molecule has 0 bridgehead atoms. The molecule has 1 amide bonds. The predicted molar refractivity (Wildman–Crippen MR) is 74.7 cm³/mol. The predicted octanol–water partition coefficient (Wildman–Crippen LogP) is 0.547. The van der Waals surface area contributed by atoms with E-state index in [1.165, 1.54) is 7.11 Å². The van der Waals surface area contributed by atoms with Crippen LogP contribution in [0.4, 0.5) is 5.69 Å². The Hall–Kier alpha value is -1.79. The van der Waals surface area contributed by atoms with Gasteiger partial charge in [-0.15, -0.1) is 0 Å². The van der Waals surface area contributed by atoms with Crippen LogP contribution in [-0.4, -0.2) is 43.0 Å². The van der Waals surface area contributed by atoms with E-state index in [1.54, 1.807) is 25.1 Å². The van der Waals surface area contributed by atoms with Crippen molar-refractivity contribution < 1.29 is 19.4 Å². The van der Waals surface area contributed by atoms with Crippen molar-refractivity contribution in [1.82, 2.24) is 5.32 Å². The molecule has 4 N–H and O–H groups in total. The number of hydrogen-bond donors (Lipinski definition) is 3. The average molecular weight is 280 g/mol. The van der Waals surface area contributed by atoms with Gasteiger partial charge < -0.3 is 25.6 Å². The Balaban J connectivity index is 2.02. The van der Waals surface area contributed by atoms with E-state index in [0.717, 1.165) is 0 Å². The van der Waals surface area contributed by atoms with Gasteiger partial charge in [-0.2, -0.15) is 0 Å². The average Bonchev–Trinajstić information content (AvgIpc) is 2.76. The summed E-state index contributed by atoms with van der Waals surface area (Å²) >= 11 is 0. The van der Waals surface area contributed by atoms with Crippen molar-refractivity contribution in [3.05, 3.63) is 23.8 Å². The molecule has 1 saturated heterocycles. The number of rotatable bonds is 4. The zero-order valence-electron chi connectivity index (χ0n) is 11.7. The van der Waals surface area contributed by atoms with E-state index in [-0.39, 0.29) is 18.6 Å². The summed E-state index contributed by atoms with van der Waals surface area (Å²) in [5.74, 6) is 0.271. The molecule has 0 aliphatic carbocycles. The minimum atomic E-state index is -1.02.